The van der Waals surface area contributed by atoms with Gasteiger partial charge in [-0.1, -0.05) is 6.42 Å². The first kappa shape index (κ1) is 10.4. The molecule has 1 N–H and O–H groups in total. The molecule has 0 spiro atoms. The fourth-order valence-electron chi connectivity index (χ4n) is 3.34. The molecule has 0 aliphatic carbocycles. The van der Waals surface area contributed by atoms with E-state index in [2.05, 4.69) is 22.0 Å². The second-order valence-electron chi connectivity index (χ2n) is 5.44. The minimum atomic E-state index is 0.812. The maximum atomic E-state index is 3.76. The quantitative estimate of drug-likeness (QED) is 0.769. The topological polar surface area (TPSA) is 15.3 Å². The van der Waals surface area contributed by atoms with Crippen molar-refractivity contribution >= 4 is 11.8 Å². The molecule has 3 unspecified atom stereocenters. The molecule has 3 atom stereocenters. The van der Waals surface area contributed by atoms with Crippen LogP contribution in [0.4, 0.5) is 0 Å². The summed E-state index contributed by atoms with van der Waals surface area (Å²) in [7, 11) is 0. The van der Waals surface area contributed by atoms with Crippen LogP contribution in [0.5, 0.6) is 0 Å². The smallest absolute Gasteiger partial charge is 0.0198 e. The summed E-state index contributed by atoms with van der Waals surface area (Å²) in [4.78, 5) is 2.74. The molecule has 86 valence electrons. The number of rotatable bonds is 2. The van der Waals surface area contributed by atoms with Crippen molar-refractivity contribution in [1.29, 1.82) is 0 Å². The van der Waals surface area contributed by atoms with Crippen LogP contribution >= 0.6 is 11.8 Å². The summed E-state index contributed by atoms with van der Waals surface area (Å²) >= 11 is 2.15. The zero-order valence-electron chi connectivity index (χ0n) is 9.45. The lowest BCUT2D eigenvalue weighted by molar-refractivity contribution is 0.113. The van der Waals surface area contributed by atoms with Crippen LogP contribution in [-0.4, -0.2) is 48.1 Å². The van der Waals surface area contributed by atoms with E-state index in [9.17, 15) is 0 Å². The van der Waals surface area contributed by atoms with Gasteiger partial charge in [-0.05, 0) is 36.7 Å². The second-order valence-corrected chi connectivity index (χ2v) is 6.59. The van der Waals surface area contributed by atoms with Crippen molar-refractivity contribution in [3.8, 4) is 0 Å². The lowest BCUT2D eigenvalue weighted by atomic mass is 9.93. The predicted molar refractivity (Wildman–Crippen MR) is 66.4 cm³/mol. The van der Waals surface area contributed by atoms with Crippen LogP contribution in [0, 0.1) is 5.92 Å². The summed E-state index contributed by atoms with van der Waals surface area (Å²) in [5.41, 5.74) is 0. The van der Waals surface area contributed by atoms with Gasteiger partial charge in [0.15, 0.2) is 0 Å². The predicted octanol–water partition coefficient (Wildman–Crippen LogP) is 1.57. The van der Waals surface area contributed by atoms with Crippen molar-refractivity contribution in [1.82, 2.24) is 10.2 Å². The third kappa shape index (κ3) is 2.51. The summed E-state index contributed by atoms with van der Waals surface area (Å²) in [6, 6.07) is 1.62. The summed E-state index contributed by atoms with van der Waals surface area (Å²) in [6.07, 6.45) is 5.73. The third-order valence-electron chi connectivity index (χ3n) is 4.07. The number of piperazine rings is 1. The molecule has 3 heterocycles. The minimum Gasteiger partial charge on any atom is -0.309 e. The van der Waals surface area contributed by atoms with Crippen LogP contribution in [0.25, 0.3) is 0 Å². The van der Waals surface area contributed by atoms with Crippen molar-refractivity contribution < 1.29 is 0 Å². The molecular formula is C12H22N2S. The van der Waals surface area contributed by atoms with Crippen molar-refractivity contribution in [3.63, 3.8) is 0 Å². The summed E-state index contributed by atoms with van der Waals surface area (Å²) < 4.78 is 0. The third-order valence-corrected chi connectivity index (χ3v) is 5.31. The van der Waals surface area contributed by atoms with E-state index in [0.29, 0.717) is 0 Å². The van der Waals surface area contributed by atoms with Crippen LogP contribution in [-0.2, 0) is 0 Å². The van der Waals surface area contributed by atoms with Crippen molar-refractivity contribution in [2.45, 2.75) is 37.8 Å². The molecule has 2 nitrogen and oxygen atoms in total. The first-order valence-electron chi connectivity index (χ1n) is 6.46. The van der Waals surface area contributed by atoms with E-state index in [1.54, 1.807) is 0 Å². The van der Waals surface area contributed by atoms with E-state index in [1.807, 2.05) is 0 Å². The van der Waals surface area contributed by atoms with E-state index < -0.39 is 0 Å². The Bertz CT molecular complexity index is 204. The molecule has 0 aromatic carbocycles. The molecule has 3 aliphatic heterocycles. The van der Waals surface area contributed by atoms with Crippen LogP contribution in [0.1, 0.15) is 25.7 Å². The van der Waals surface area contributed by atoms with Gasteiger partial charge in [0.2, 0.25) is 0 Å². The molecule has 3 rings (SSSR count). The minimum absolute atomic E-state index is 0.812. The Balaban J connectivity index is 1.53. The highest BCUT2D eigenvalue weighted by Crippen LogP contribution is 2.26. The number of nitrogens with one attached hydrogen (secondary N) is 1. The zero-order valence-corrected chi connectivity index (χ0v) is 10.3. The highest BCUT2D eigenvalue weighted by Gasteiger charge is 2.31. The molecule has 0 aromatic heterocycles. The Morgan fingerprint density at radius 2 is 1.93 bits per heavy atom. The first-order chi connectivity index (χ1) is 7.40. The second kappa shape index (κ2) is 4.64. The molecule has 0 aromatic rings. The molecule has 3 saturated heterocycles. The van der Waals surface area contributed by atoms with Crippen LogP contribution < -0.4 is 5.32 Å². The van der Waals surface area contributed by atoms with Crippen molar-refractivity contribution in [2.24, 2.45) is 5.92 Å². The van der Waals surface area contributed by atoms with E-state index in [-0.39, 0.29) is 0 Å². The number of nitrogens with zero attached hydrogens (tertiary/aromatic N) is 1. The summed E-state index contributed by atoms with van der Waals surface area (Å²) in [5, 5.41) is 3.76. The maximum Gasteiger partial charge on any atom is 0.0198 e. The molecule has 2 bridgehead atoms. The number of likely N-dealkylation sites (tertiary alicyclic amines) is 1. The number of piperidine rings is 1. The average molecular weight is 226 g/mol. The van der Waals surface area contributed by atoms with Gasteiger partial charge in [0.05, 0.1) is 0 Å². The average Bonchev–Trinajstić information content (AvgIpc) is 2.70. The Kier molecular flexibility index (Phi) is 3.23. The van der Waals surface area contributed by atoms with Gasteiger partial charge in [0.25, 0.3) is 0 Å². The van der Waals surface area contributed by atoms with Gasteiger partial charge >= 0.3 is 0 Å². The Labute approximate surface area is 97.2 Å². The monoisotopic (exact) mass is 226 g/mol. The Morgan fingerprint density at radius 1 is 1.13 bits per heavy atom. The fraction of sp³-hybridized carbons (Fsp3) is 1.00. The molecule has 3 heteroatoms. The number of hydrogen-bond donors (Lipinski definition) is 1. The van der Waals surface area contributed by atoms with Gasteiger partial charge in [0.1, 0.15) is 0 Å². The summed E-state index contributed by atoms with van der Waals surface area (Å²) in [5.74, 6) is 3.82. The normalized spacial score (nSPS) is 42.0. The van der Waals surface area contributed by atoms with E-state index in [0.717, 1.165) is 18.0 Å². The van der Waals surface area contributed by atoms with Gasteiger partial charge in [-0.15, -0.1) is 0 Å². The van der Waals surface area contributed by atoms with Gasteiger partial charge in [-0.3, -0.25) is 4.90 Å². The zero-order chi connectivity index (χ0) is 10.1. The van der Waals surface area contributed by atoms with E-state index in [1.165, 1.54) is 56.8 Å². The van der Waals surface area contributed by atoms with Gasteiger partial charge in [-0.25, -0.2) is 0 Å². The Morgan fingerprint density at radius 3 is 2.60 bits per heavy atom. The molecular weight excluding hydrogens is 204 g/mol. The van der Waals surface area contributed by atoms with Crippen LogP contribution in [0.3, 0.4) is 0 Å². The first-order valence-corrected chi connectivity index (χ1v) is 7.62. The molecule has 0 radical (unpaired) electrons. The van der Waals surface area contributed by atoms with Crippen LogP contribution in [0.2, 0.25) is 0 Å². The molecule has 3 aliphatic rings. The molecule has 3 fully saturated rings. The largest absolute Gasteiger partial charge is 0.309 e. The van der Waals surface area contributed by atoms with E-state index in [4.69, 9.17) is 0 Å². The highest BCUT2D eigenvalue weighted by molar-refractivity contribution is 7.99. The highest BCUT2D eigenvalue weighted by atomic mass is 32.2. The maximum absolute atomic E-state index is 3.76. The lowest BCUT2D eigenvalue weighted by Crippen LogP contribution is -2.59. The molecule has 0 saturated carbocycles. The molecule has 15 heavy (non-hydrogen) atoms. The van der Waals surface area contributed by atoms with Gasteiger partial charge in [-0.2, -0.15) is 11.8 Å². The lowest BCUT2D eigenvalue weighted by Gasteiger charge is -2.43. The van der Waals surface area contributed by atoms with Crippen LogP contribution in [0.15, 0.2) is 0 Å². The SMILES string of the molecule is C1CC2CN(CC3CCSC3)CC(C1)N2. The van der Waals surface area contributed by atoms with Gasteiger partial charge in [0, 0.05) is 31.7 Å². The standard InChI is InChI=1S/C12H22N2S/c1-2-11-7-14(8-12(3-1)13-11)6-10-4-5-15-9-10/h10-13H,1-9H2. The number of hydrogen-bond acceptors (Lipinski definition) is 3. The van der Waals surface area contributed by atoms with Gasteiger partial charge < -0.3 is 5.32 Å². The van der Waals surface area contributed by atoms with E-state index >= 15 is 0 Å². The summed E-state index contributed by atoms with van der Waals surface area (Å²) in [6.45, 7) is 4.01. The van der Waals surface area contributed by atoms with Crippen molar-refractivity contribution in [3.05, 3.63) is 0 Å². The fourth-order valence-corrected chi connectivity index (χ4v) is 4.61. The van der Waals surface area contributed by atoms with Crippen molar-refractivity contribution in [2.75, 3.05) is 31.1 Å². The Hall–Kier alpha value is 0.270. The number of thioether (sulfide) groups is 1. The molecule has 0 amide bonds. The number of fused-ring (bicyclic) bond motifs is 2.